The van der Waals surface area contributed by atoms with Gasteiger partial charge in [0.15, 0.2) is 33.0 Å². The van der Waals surface area contributed by atoms with Crippen LogP contribution in [0.1, 0.15) is 19.6 Å². The Labute approximate surface area is 161 Å². The van der Waals surface area contributed by atoms with Gasteiger partial charge < -0.3 is 25.0 Å². The van der Waals surface area contributed by atoms with Gasteiger partial charge in [0.2, 0.25) is 0 Å². The molecule has 0 amide bonds. The second kappa shape index (κ2) is 7.52. The van der Waals surface area contributed by atoms with Crippen LogP contribution in [0, 0.1) is 0 Å². The Balaban J connectivity index is 1.60. The maximum Gasteiger partial charge on any atom is 0.167 e. The lowest BCUT2D eigenvalue weighted by Gasteiger charge is -2.17. The molecule has 2 aromatic rings. The van der Waals surface area contributed by atoms with E-state index in [1.807, 2.05) is 0 Å². The zero-order valence-corrected chi connectivity index (χ0v) is 16.1. The molecular formula is C16H23N5O6S. The molecule has 0 saturated carbocycles. The topological polar surface area (TPSA) is 149 Å². The summed E-state index contributed by atoms with van der Waals surface area (Å²) in [4.78, 5) is 12.8. The fourth-order valence-corrected chi connectivity index (χ4v) is 4.46. The Kier molecular flexibility index (Phi) is 5.22. The third-order valence-corrected chi connectivity index (χ3v) is 6.81. The lowest BCUT2D eigenvalue weighted by atomic mass is 10.1. The van der Waals surface area contributed by atoms with Crippen molar-refractivity contribution in [1.82, 2.24) is 19.5 Å². The molecule has 2 fully saturated rings. The molecule has 2 saturated heterocycles. The molecule has 12 heteroatoms. The molecule has 2 aliphatic rings. The van der Waals surface area contributed by atoms with E-state index in [-0.39, 0.29) is 17.5 Å². The van der Waals surface area contributed by atoms with Gasteiger partial charge in [0.25, 0.3) is 0 Å². The predicted molar refractivity (Wildman–Crippen MR) is 98.4 cm³/mol. The highest BCUT2D eigenvalue weighted by Crippen LogP contribution is 2.33. The van der Waals surface area contributed by atoms with Crippen LogP contribution in [0.25, 0.3) is 11.2 Å². The fourth-order valence-electron chi connectivity index (χ4n) is 3.45. The summed E-state index contributed by atoms with van der Waals surface area (Å²) in [6, 6.07) is 0.127. The summed E-state index contributed by atoms with van der Waals surface area (Å²) in [5.74, 6) is 0.105. The van der Waals surface area contributed by atoms with Crippen LogP contribution in [-0.4, -0.2) is 87.2 Å². The van der Waals surface area contributed by atoms with Crippen LogP contribution < -0.4 is 5.32 Å². The van der Waals surface area contributed by atoms with Gasteiger partial charge in [0.1, 0.15) is 24.6 Å². The zero-order valence-electron chi connectivity index (χ0n) is 15.3. The summed E-state index contributed by atoms with van der Waals surface area (Å²) in [5, 5.41) is 24.0. The Morgan fingerprint density at radius 1 is 1.29 bits per heavy atom. The van der Waals surface area contributed by atoms with E-state index in [1.165, 1.54) is 24.1 Å². The van der Waals surface area contributed by atoms with E-state index in [9.17, 15) is 18.6 Å². The van der Waals surface area contributed by atoms with E-state index in [0.29, 0.717) is 30.2 Å². The maximum atomic E-state index is 11.9. The number of anilines is 1. The third kappa shape index (κ3) is 3.57. The van der Waals surface area contributed by atoms with Crippen molar-refractivity contribution in [1.29, 1.82) is 0 Å². The molecule has 3 N–H and O–H groups in total. The molecule has 11 nitrogen and oxygen atoms in total. The number of fused-ring (bicyclic) bond motifs is 1. The van der Waals surface area contributed by atoms with Gasteiger partial charge in [-0.15, -0.1) is 0 Å². The van der Waals surface area contributed by atoms with E-state index >= 15 is 0 Å². The number of nitrogens with one attached hydrogen (secondary N) is 1. The quantitative estimate of drug-likeness (QED) is 0.543. The summed E-state index contributed by atoms with van der Waals surface area (Å²) in [6.07, 6.45) is -1.02. The van der Waals surface area contributed by atoms with Crippen LogP contribution in [-0.2, 0) is 19.3 Å². The Hall–Kier alpha value is -1.86. The van der Waals surface area contributed by atoms with Crippen molar-refractivity contribution in [2.45, 2.75) is 43.9 Å². The van der Waals surface area contributed by atoms with E-state index in [1.54, 1.807) is 0 Å². The number of imidazole rings is 1. The van der Waals surface area contributed by atoms with Crippen LogP contribution in [0.2, 0.25) is 0 Å². The van der Waals surface area contributed by atoms with Crippen molar-refractivity contribution >= 4 is 26.8 Å². The number of ether oxygens (including phenoxy) is 2. The first-order valence-corrected chi connectivity index (χ1v) is 11.0. The Morgan fingerprint density at radius 2 is 2.11 bits per heavy atom. The van der Waals surface area contributed by atoms with Crippen LogP contribution >= 0.6 is 0 Å². The molecule has 154 valence electrons. The second-order valence-corrected chi connectivity index (χ2v) is 9.39. The molecule has 0 aliphatic carbocycles. The van der Waals surface area contributed by atoms with Crippen LogP contribution in [0.15, 0.2) is 12.7 Å². The number of hydrogen-bond donors (Lipinski definition) is 3. The minimum Gasteiger partial charge on any atom is -0.387 e. The van der Waals surface area contributed by atoms with Crippen molar-refractivity contribution in [3.63, 3.8) is 0 Å². The summed E-state index contributed by atoms with van der Waals surface area (Å²) in [6.45, 7) is 2.79. The van der Waals surface area contributed by atoms with Crippen molar-refractivity contribution in [3.05, 3.63) is 12.7 Å². The van der Waals surface area contributed by atoms with Crippen LogP contribution in [0.3, 0.4) is 0 Å². The van der Waals surface area contributed by atoms with Gasteiger partial charge in [0, 0.05) is 12.4 Å². The predicted octanol–water partition coefficient (Wildman–Crippen LogP) is -0.919. The number of nitrogens with zero attached hydrogens (tertiary/aromatic N) is 4. The van der Waals surface area contributed by atoms with Crippen LogP contribution in [0.5, 0.6) is 0 Å². The highest BCUT2D eigenvalue weighted by molar-refractivity contribution is 7.91. The van der Waals surface area contributed by atoms with Gasteiger partial charge in [-0.25, -0.2) is 23.4 Å². The van der Waals surface area contributed by atoms with Gasteiger partial charge in [0.05, 0.1) is 24.7 Å². The average molecular weight is 413 g/mol. The number of rotatable bonds is 6. The van der Waals surface area contributed by atoms with E-state index in [0.717, 1.165) is 6.42 Å². The Bertz CT molecular complexity index is 944. The maximum absolute atomic E-state index is 11.9. The molecule has 5 atom stereocenters. The van der Waals surface area contributed by atoms with Crippen molar-refractivity contribution in [3.8, 4) is 0 Å². The van der Waals surface area contributed by atoms with Gasteiger partial charge >= 0.3 is 0 Å². The highest BCUT2D eigenvalue weighted by Gasteiger charge is 2.45. The summed E-state index contributed by atoms with van der Waals surface area (Å²) in [7, 11) is -3.38. The molecule has 0 unspecified atom stereocenters. The first kappa shape index (κ1) is 19.5. The molecule has 28 heavy (non-hydrogen) atoms. The van der Waals surface area contributed by atoms with Gasteiger partial charge in [-0.2, -0.15) is 0 Å². The van der Waals surface area contributed by atoms with Gasteiger partial charge in [-0.05, 0) is 6.42 Å². The smallest absolute Gasteiger partial charge is 0.167 e. The lowest BCUT2D eigenvalue weighted by molar-refractivity contribution is -0.0292. The summed E-state index contributed by atoms with van der Waals surface area (Å²) >= 11 is 0. The Morgan fingerprint density at radius 3 is 2.82 bits per heavy atom. The molecule has 4 heterocycles. The molecule has 4 rings (SSSR count). The molecule has 0 bridgehead atoms. The fraction of sp³-hybridized carbons (Fsp3) is 0.688. The van der Waals surface area contributed by atoms with Gasteiger partial charge in [-0.1, -0.05) is 6.92 Å². The van der Waals surface area contributed by atoms with E-state index in [2.05, 4.69) is 20.3 Å². The zero-order chi connectivity index (χ0) is 19.9. The SMILES string of the molecule is CCS(=O)(=O)C[C@H]1O[C@@H](n2cnc3c(N[C@@H]4CCOC4)ncnc32)[C@H](O)[C@@H]1O. The number of hydrogen-bond acceptors (Lipinski definition) is 10. The number of sulfone groups is 1. The monoisotopic (exact) mass is 413 g/mol. The largest absolute Gasteiger partial charge is 0.387 e. The molecular weight excluding hydrogens is 390 g/mol. The van der Waals surface area contributed by atoms with Crippen molar-refractivity contribution < 1.29 is 28.1 Å². The summed E-state index contributed by atoms with van der Waals surface area (Å²) in [5.41, 5.74) is 0.899. The molecule has 2 aromatic heterocycles. The van der Waals surface area contributed by atoms with Gasteiger partial charge in [-0.3, -0.25) is 4.57 Å². The normalized spacial score (nSPS) is 30.9. The lowest BCUT2D eigenvalue weighted by Crippen LogP contribution is -2.35. The van der Waals surface area contributed by atoms with Crippen LogP contribution in [0.4, 0.5) is 5.82 Å². The first-order valence-electron chi connectivity index (χ1n) is 9.13. The second-order valence-electron chi connectivity index (χ2n) is 7.00. The summed E-state index contributed by atoms with van der Waals surface area (Å²) < 4.78 is 36.3. The highest BCUT2D eigenvalue weighted by atomic mass is 32.2. The average Bonchev–Trinajstić information content (AvgIpc) is 3.39. The molecule has 0 spiro atoms. The minimum absolute atomic E-state index is 0.0680. The standard InChI is InChI=1S/C16H23N5O6S/c1-2-28(24,25)6-10-12(22)13(23)16(27-10)21-8-19-11-14(17-7-18-15(11)21)20-9-3-4-26-5-9/h7-10,12-13,16,22-23H,2-6H2,1H3,(H,17,18,20)/t9-,10-,12-,13-,16-/m1/s1. The molecule has 0 aromatic carbocycles. The van der Waals surface area contributed by atoms with Crippen molar-refractivity contribution in [2.24, 2.45) is 0 Å². The van der Waals surface area contributed by atoms with E-state index in [4.69, 9.17) is 9.47 Å². The number of aromatic nitrogens is 4. The molecule has 0 radical (unpaired) electrons. The first-order chi connectivity index (χ1) is 13.4. The number of aliphatic hydroxyl groups excluding tert-OH is 2. The van der Waals surface area contributed by atoms with Crippen molar-refractivity contribution in [2.75, 3.05) is 30.0 Å². The number of aliphatic hydroxyl groups is 2. The van der Waals surface area contributed by atoms with E-state index < -0.39 is 34.4 Å². The molecule has 2 aliphatic heterocycles. The third-order valence-electron chi connectivity index (χ3n) is 5.10. The minimum atomic E-state index is -3.38.